The Morgan fingerprint density at radius 1 is 1.25 bits per heavy atom. The lowest BCUT2D eigenvalue weighted by Gasteiger charge is -2.14. The highest BCUT2D eigenvalue weighted by molar-refractivity contribution is 9.10. The van der Waals surface area contributed by atoms with Crippen molar-refractivity contribution in [2.24, 2.45) is 0 Å². The molecule has 1 heterocycles. The molecule has 3 aromatic rings. The largest absolute Gasteiger partial charge is 0.489 e. The van der Waals surface area contributed by atoms with E-state index in [1.165, 1.54) is 11.1 Å². The van der Waals surface area contributed by atoms with Gasteiger partial charge in [0.2, 0.25) is 4.77 Å². The van der Waals surface area contributed by atoms with E-state index in [-0.39, 0.29) is 0 Å². The molecule has 124 valence electrons. The van der Waals surface area contributed by atoms with Crippen LogP contribution in [-0.2, 0) is 13.2 Å². The molecule has 0 saturated heterocycles. The number of rotatable bonds is 6. The minimum atomic E-state index is 0.521. The van der Waals surface area contributed by atoms with Gasteiger partial charge in [-0.25, -0.2) is 4.68 Å². The van der Waals surface area contributed by atoms with E-state index in [1.807, 2.05) is 30.3 Å². The van der Waals surface area contributed by atoms with Gasteiger partial charge < -0.3 is 10.2 Å². The number of halogens is 1. The molecule has 0 spiro atoms. The lowest BCUT2D eigenvalue weighted by molar-refractivity contribution is 0.302. The summed E-state index contributed by atoms with van der Waals surface area (Å²) >= 11 is 8.64. The molecule has 2 aromatic carbocycles. The lowest BCUT2D eigenvalue weighted by Crippen LogP contribution is -2.14. The standard InChI is InChI=1S/C17H17BrN4OS/c1-12-4-2-3-5-13(12)10-23-16-7-6-15(18)8-14(16)9-20-22-11-19-21-17(22)24/h2-8,11,20H,9-10H2,1H3,(H,21,24). The van der Waals surface area contributed by atoms with Crippen molar-refractivity contribution in [1.82, 2.24) is 14.9 Å². The summed E-state index contributed by atoms with van der Waals surface area (Å²) in [6, 6.07) is 14.2. The molecule has 0 saturated carbocycles. The van der Waals surface area contributed by atoms with Crippen LogP contribution in [-0.4, -0.2) is 14.9 Å². The van der Waals surface area contributed by atoms with E-state index in [9.17, 15) is 0 Å². The summed E-state index contributed by atoms with van der Waals surface area (Å²) in [4.78, 5) is 0. The first kappa shape index (κ1) is 16.7. The predicted octanol–water partition coefficient (Wildman–Crippen LogP) is 4.33. The van der Waals surface area contributed by atoms with Gasteiger partial charge in [0.15, 0.2) is 0 Å². The maximum absolute atomic E-state index is 6.04. The van der Waals surface area contributed by atoms with E-state index in [0.29, 0.717) is 17.9 Å². The minimum absolute atomic E-state index is 0.521. The Balaban J connectivity index is 1.74. The molecule has 5 nitrogen and oxygen atoms in total. The Bertz CT molecular complexity index is 890. The van der Waals surface area contributed by atoms with Crippen molar-refractivity contribution >= 4 is 28.1 Å². The normalized spacial score (nSPS) is 10.6. The summed E-state index contributed by atoms with van der Waals surface area (Å²) in [5.74, 6) is 0.837. The maximum Gasteiger partial charge on any atom is 0.214 e. The lowest BCUT2D eigenvalue weighted by atomic mass is 10.1. The van der Waals surface area contributed by atoms with Crippen LogP contribution in [0.15, 0.2) is 53.3 Å². The fourth-order valence-corrected chi connectivity index (χ4v) is 2.86. The van der Waals surface area contributed by atoms with Crippen LogP contribution in [0.25, 0.3) is 0 Å². The molecule has 7 heteroatoms. The van der Waals surface area contributed by atoms with Gasteiger partial charge in [0, 0.05) is 10.0 Å². The summed E-state index contributed by atoms with van der Waals surface area (Å²) in [6.07, 6.45) is 1.61. The molecular formula is C17H17BrN4OS. The Hall–Kier alpha value is -2.12. The summed E-state index contributed by atoms with van der Waals surface area (Å²) in [5, 5.41) is 6.60. The molecule has 1 aromatic heterocycles. The van der Waals surface area contributed by atoms with Crippen molar-refractivity contribution in [2.45, 2.75) is 20.1 Å². The van der Waals surface area contributed by atoms with Gasteiger partial charge in [-0.2, -0.15) is 5.10 Å². The van der Waals surface area contributed by atoms with Crippen LogP contribution in [0.2, 0.25) is 0 Å². The molecule has 2 N–H and O–H groups in total. The topological polar surface area (TPSA) is 54.9 Å². The van der Waals surface area contributed by atoms with Crippen molar-refractivity contribution in [3.05, 3.63) is 74.7 Å². The van der Waals surface area contributed by atoms with Crippen LogP contribution in [0.5, 0.6) is 5.75 Å². The number of hydrogen-bond acceptors (Lipinski definition) is 4. The molecule has 0 aliphatic carbocycles. The van der Waals surface area contributed by atoms with Crippen molar-refractivity contribution in [2.75, 3.05) is 5.43 Å². The second-order valence-corrected chi connectivity index (χ2v) is 6.64. The molecular weight excluding hydrogens is 388 g/mol. The van der Waals surface area contributed by atoms with Crippen LogP contribution in [0.3, 0.4) is 0 Å². The number of hydrogen-bond donors (Lipinski definition) is 2. The third kappa shape index (κ3) is 4.04. The van der Waals surface area contributed by atoms with Gasteiger partial charge in [0.1, 0.15) is 18.7 Å². The zero-order valence-electron chi connectivity index (χ0n) is 13.1. The number of ether oxygens (including phenoxy) is 1. The van der Waals surface area contributed by atoms with Gasteiger partial charge in [0.25, 0.3) is 0 Å². The molecule has 0 aliphatic rings. The van der Waals surface area contributed by atoms with Gasteiger partial charge in [-0.15, -0.1) is 0 Å². The average molecular weight is 405 g/mol. The number of H-pyrrole nitrogens is 1. The van der Waals surface area contributed by atoms with Crippen LogP contribution < -0.4 is 10.2 Å². The molecule has 24 heavy (non-hydrogen) atoms. The molecule has 0 bridgehead atoms. The van der Waals surface area contributed by atoms with Gasteiger partial charge >= 0.3 is 0 Å². The Kier molecular flexibility index (Phi) is 5.32. The first-order chi connectivity index (χ1) is 11.6. The molecule has 0 fully saturated rings. The Morgan fingerprint density at radius 3 is 2.83 bits per heavy atom. The molecule has 0 aliphatic heterocycles. The molecule has 0 unspecified atom stereocenters. The SMILES string of the molecule is Cc1ccccc1COc1ccc(Br)cc1CNn1cn[nH]c1=S. The fraction of sp³-hybridized carbons (Fsp3) is 0.176. The first-order valence-corrected chi connectivity index (χ1v) is 8.65. The van der Waals surface area contributed by atoms with Gasteiger partial charge in [-0.1, -0.05) is 40.2 Å². The molecule has 3 rings (SSSR count). The maximum atomic E-state index is 6.04. The molecule has 0 atom stereocenters. The van der Waals surface area contributed by atoms with Crippen molar-refractivity contribution in [3.63, 3.8) is 0 Å². The average Bonchev–Trinajstić information content (AvgIpc) is 2.98. The highest BCUT2D eigenvalue weighted by atomic mass is 79.9. The third-order valence-corrected chi connectivity index (χ3v) is 4.44. The summed E-state index contributed by atoms with van der Waals surface area (Å²) in [6.45, 7) is 3.19. The number of nitrogens with zero attached hydrogens (tertiary/aromatic N) is 2. The molecule has 0 radical (unpaired) electrons. The van der Waals surface area contributed by atoms with Gasteiger partial charge in [-0.3, -0.25) is 5.10 Å². The highest BCUT2D eigenvalue weighted by Crippen LogP contribution is 2.24. The van der Waals surface area contributed by atoms with E-state index in [1.54, 1.807) is 11.0 Å². The van der Waals surface area contributed by atoms with Crippen molar-refractivity contribution in [3.8, 4) is 5.75 Å². The number of aromatic nitrogens is 3. The smallest absolute Gasteiger partial charge is 0.214 e. The third-order valence-electron chi connectivity index (χ3n) is 3.66. The van der Waals surface area contributed by atoms with Crippen LogP contribution in [0.1, 0.15) is 16.7 Å². The Morgan fingerprint density at radius 2 is 2.08 bits per heavy atom. The quantitative estimate of drug-likeness (QED) is 0.600. The van der Waals surface area contributed by atoms with Gasteiger partial charge in [0.05, 0.1) is 6.54 Å². The first-order valence-electron chi connectivity index (χ1n) is 7.45. The highest BCUT2D eigenvalue weighted by Gasteiger charge is 2.07. The zero-order chi connectivity index (χ0) is 16.9. The summed E-state index contributed by atoms with van der Waals surface area (Å²) in [5.41, 5.74) is 6.63. The fourth-order valence-electron chi connectivity index (χ4n) is 2.29. The predicted molar refractivity (Wildman–Crippen MR) is 100 cm³/mol. The van der Waals surface area contributed by atoms with Crippen LogP contribution in [0, 0.1) is 11.7 Å². The number of aromatic amines is 1. The van der Waals surface area contributed by atoms with Crippen molar-refractivity contribution in [1.29, 1.82) is 0 Å². The second kappa shape index (κ2) is 7.63. The van der Waals surface area contributed by atoms with Crippen LogP contribution >= 0.6 is 28.1 Å². The van der Waals surface area contributed by atoms with E-state index < -0.39 is 0 Å². The zero-order valence-corrected chi connectivity index (χ0v) is 15.5. The second-order valence-electron chi connectivity index (χ2n) is 5.33. The van der Waals surface area contributed by atoms with E-state index in [2.05, 4.69) is 50.6 Å². The van der Waals surface area contributed by atoms with E-state index in [0.717, 1.165) is 15.8 Å². The van der Waals surface area contributed by atoms with Crippen LogP contribution in [0.4, 0.5) is 0 Å². The number of aryl methyl sites for hydroxylation is 1. The Labute approximate surface area is 153 Å². The summed E-state index contributed by atoms with van der Waals surface area (Å²) in [7, 11) is 0. The number of benzene rings is 2. The number of nitrogens with one attached hydrogen (secondary N) is 2. The van der Waals surface area contributed by atoms with Gasteiger partial charge in [-0.05, 0) is 48.5 Å². The molecule has 0 amide bonds. The van der Waals surface area contributed by atoms with E-state index >= 15 is 0 Å². The monoisotopic (exact) mass is 404 g/mol. The minimum Gasteiger partial charge on any atom is -0.489 e. The summed E-state index contributed by atoms with van der Waals surface area (Å²) < 4.78 is 9.23. The van der Waals surface area contributed by atoms with Crippen molar-refractivity contribution < 1.29 is 4.74 Å². The van der Waals surface area contributed by atoms with E-state index in [4.69, 9.17) is 17.0 Å².